The Kier molecular flexibility index (Phi) is 4.07. The highest BCUT2D eigenvalue weighted by Crippen LogP contribution is 2.47. The van der Waals surface area contributed by atoms with Gasteiger partial charge in [-0.25, -0.2) is 4.98 Å². The molecule has 7 nitrogen and oxygen atoms in total. The van der Waals surface area contributed by atoms with Crippen molar-refractivity contribution < 1.29 is 4.79 Å². The number of aromatic amines is 1. The number of hydrogen-bond donors (Lipinski definition) is 4. The number of dihydropyridines is 1. The highest BCUT2D eigenvalue weighted by Gasteiger charge is 2.32. The van der Waals surface area contributed by atoms with Gasteiger partial charge in [-0.1, -0.05) is 48.5 Å². The van der Waals surface area contributed by atoms with Crippen molar-refractivity contribution in [2.45, 2.75) is 6.04 Å². The molecule has 5 N–H and O–H groups in total. The molecule has 0 bridgehead atoms. The van der Waals surface area contributed by atoms with E-state index in [9.17, 15) is 4.79 Å². The molecule has 2 aromatic heterocycles. The molecule has 0 fully saturated rings. The topological polar surface area (TPSA) is 109 Å². The fraction of sp³-hybridized carbons (Fsp3) is 0.0800. The molecule has 32 heavy (non-hydrogen) atoms. The van der Waals surface area contributed by atoms with Gasteiger partial charge in [-0.15, -0.1) is 0 Å². The van der Waals surface area contributed by atoms with Gasteiger partial charge in [0.05, 0.1) is 29.1 Å². The maximum absolute atomic E-state index is 13.1. The van der Waals surface area contributed by atoms with Crippen LogP contribution in [0.25, 0.3) is 33.5 Å². The molecule has 1 aliphatic carbocycles. The molecule has 7 heteroatoms. The van der Waals surface area contributed by atoms with Crippen molar-refractivity contribution in [2.75, 3.05) is 6.54 Å². The zero-order valence-electron chi connectivity index (χ0n) is 17.1. The number of fused-ring (bicyclic) bond motifs is 4. The Hall–Kier alpha value is -4.39. The normalized spacial score (nSPS) is 16.6. The van der Waals surface area contributed by atoms with Crippen molar-refractivity contribution in [3.05, 3.63) is 95.6 Å². The molecule has 0 saturated heterocycles. The minimum Gasteiger partial charge on any atom is -0.386 e. The average Bonchev–Trinajstić information content (AvgIpc) is 3.39. The van der Waals surface area contributed by atoms with Gasteiger partial charge in [-0.3, -0.25) is 9.78 Å². The van der Waals surface area contributed by atoms with Crippen LogP contribution < -0.4 is 16.4 Å². The lowest BCUT2D eigenvalue weighted by Gasteiger charge is -2.18. The lowest BCUT2D eigenvalue weighted by atomic mass is 9.98. The largest absolute Gasteiger partial charge is 0.386 e. The van der Waals surface area contributed by atoms with Crippen LogP contribution in [0.5, 0.6) is 0 Å². The first-order valence-electron chi connectivity index (χ1n) is 10.4. The van der Waals surface area contributed by atoms with E-state index < -0.39 is 0 Å². The number of hydrogen-bond acceptors (Lipinski definition) is 5. The molecular formula is C25H20N6O. The molecule has 2 aliphatic rings. The van der Waals surface area contributed by atoms with Crippen LogP contribution in [0.4, 0.5) is 0 Å². The Morgan fingerprint density at radius 3 is 2.78 bits per heavy atom. The molecule has 3 heterocycles. The van der Waals surface area contributed by atoms with Gasteiger partial charge in [-0.2, -0.15) is 0 Å². The molecule has 1 amide bonds. The van der Waals surface area contributed by atoms with E-state index in [0.717, 1.165) is 44.7 Å². The van der Waals surface area contributed by atoms with Gasteiger partial charge in [0.15, 0.2) is 0 Å². The Bertz CT molecular complexity index is 1410. The molecule has 0 saturated carbocycles. The SMILES string of the molecule is NC1=CC(C(=O)NC2c3ccccc3-c3c(-c4nc5ccncc5[nH]4)cccc32)=CCN1. The monoisotopic (exact) mass is 420 g/mol. The van der Waals surface area contributed by atoms with Crippen LogP contribution >= 0.6 is 0 Å². The predicted molar refractivity (Wildman–Crippen MR) is 123 cm³/mol. The van der Waals surface area contributed by atoms with Gasteiger partial charge in [-0.05, 0) is 34.4 Å². The summed E-state index contributed by atoms with van der Waals surface area (Å²) in [6.45, 7) is 0.536. The van der Waals surface area contributed by atoms with Gasteiger partial charge in [0, 0.05) is 23.9 Å². The average molecular weight is 420 g/mol. The summed E-state index contributed by atoms with van der Waals surface area (Å²) in [7, 11) is 0. The number of aromatic nitrogens is 3. The van der Waals surface area contributed by atoms with Crippen molar-refractivity contribution in [1.82, 2.24) is 25.6 Å². The smallest absolute Gasteiger partial charge is 0.251 e. The third kappa shape index (κ3) is 2.86. The van der Waals surface area contributed by atoms with E-state index in [1.54, 1.807) is 18.5 Å². The summed E-state index contributed by atoms with van der Waals surface area (Å²) in [4.78, 5) is 25.4. The van der Waals surface area contributed by atoms with Crippen molar-refractivity contribution >= 4 is 16.9 Å². The molecule has 1 aliphatic heterocycles. The number of nitrogens with zero attached hydrogens (tertiary/aromatic N) is 2. The van der Waals surface area contributed by atoms with Crippen molar-refractivity contribution in [1.29, 1.82) is 0 Å². The van der Waals surface area contributed by atoms with E-state index in [1.807, 2.05) is 30.3 Å². The van der Waals surface area contributed by atoms with Crippen LogP contribution in [-0.4, -0.2) is 27.4 Å². The van der Waals surface area contributed by atoms with Crippen molar-refractivity contribution in [3.8, 4) is 22.5 Å². The van der Waals surface area contributed by atoms with Crippen LogP contribution in [0.3, 0.4) is 0 Å². The van der Waals surface area contributed by atoms with Crippen LogP contribution in [0.15, 0.2) is 84.5 Å². The van der Waals surface area contributed by atoms with Gasteiger partial charge >= 0.3 is 0 Å². The molecular weight excluding hydrogens is 400 g/mol. The number of nitrogens with two attached hydrogens (primary N) is 1. The van der Waals surface area contributed by atoms with Crippen LogP contribution in [0.1, 0.15) is 17.2 Å². The van der Waals surface area contributed by atoms with E-state index in [2.05, 4.69) is 44.9 Å². The fourth-order valence-corrected chi connectivity index (χ4v) is 4.52. The first-order valence-corrected chi connectivity index (χ1v) is 10.4. The number of amides is 1. The first-order chi connectivity index (χ1) is 15.7. The van der Waals surface area contributed by atoms with E-state index in [1.165, 1.54) is 0 Å². The summed E-state index contributed by atoms with van der Waals surface area (Å²) in [5, 5.41) is 6.21. The molecule has 6 rings (SSSR count). The van der Waals surface area contributed by atoms with E-state index >= 15 is 0 Å². The number of nitrogens with one attached hydrogen (secondary N) is 3. The van der Waals surface area contributed by atoms with Crippen molar-refractivity contribution in [2.24, 2.45) is 5.73 Å². The zero-order chi connectivity index (χ0) is 21.7. The van der Waals surface area contributed by atoms with E-state index in [0.29, 0.717) is 17.9 Å². The number of benzene rings is 2. The second kappa shape index (κ2) is 7.09. The lowest BCUT2D eigenvalue weighted by molar-refractivity contribution is -0.117. The van der Waals surface area contributed by atoms with E-state index in [-0.39, 0.29) is 11.9 Å². The Balaban J connectivity index is 1.46. The highest BCUT2D eigenvalue weighted by atomic mass is 16.1. The molecule has 156 valence electrons. The maximum Gasteiger partial charge on any atom is 0.251 e. The minimum atomic E-state index is -0.259. The number of H-pyrrole nitrogens is 1. The summed E-state index contributed by atoms with van der Waals surface area (Å²) < 4.78 is 0. The molecule has 2 aromatic carbocycles. The van der Waals surface area contributed by atoms with Crippen molar-refractivity contribution in [3.63, 3.8) is 0 Å². The number of carbonyl (C=O) groups excluding carboxylic acids is 1. The second-order valence-corrected chi connectivity index (χ2v) is 7.88. The third-order valence-corrected chi connectivity index (χ3v) is 5.96. The second-order valence-electron chi connectivity index (χ2n) is 7.88. The lowest BCUT2D eigenvalue weighted by Crippen LogP contribution is -2.32. The standard InChI is InChI=1S/C25H20N6O/c26-21-12-14(8-11-28-21)25(32)31-23-16-5-2-1-4-15(16)22-17(23)6-3-7-18(22)24-29-19-9-10-27-13-20(19)30-24/h1-10,12-13,23,28H,11,26H2,(H,29,30)(H,31,32). The van der Waals surface area contributed by atoms with Crippen LogP contribution in [0.2, 0.25) is 0 Å². The summed E-state index contributed by atoms with van der Waals surface area (Å²) in [5.41, 5.74) is 13.4. The minimum absolute atomic E-state index is 0.151. The van der Waals surface area contributed by atoms with Gasteiger partial charge in [0.1, 0.15) is 5.82 Å². The fourth-order valence-electron chi connectivity index (χ4n) is 4.52. The summed E-state index contributed by atoms with van der Waals surface area (Å²) >= 11 is 0. The Morgan fingerprint density at radius 1 is 1.06 bits per heavy atom. The Morgan fingerprint density at radius 2 is 1.91 bits per heavy atom. The molecule has 1 unspecified atom stereocenters. The maximum atomic E-state index is 13.1. The van der Waals surface area contributed by atoms with Gasteiger partial charge < -0.3 is 21.4 Å². The highest BCUT2D eigenvalue weighted by molar-refractivity contribution is 5.99. The number of rotatable bonds is 3. The van der Waals surface area contributed by atoms with Crippen LogP contribution in [-0.2, 0) is 4.79 Å². The number of imidazole rings is 1. The zero-order valence-corrected chi connectivity index (χ0v) is 17.1. The first kappa shape index (κ1) is 18.4. The molecule has 0 radical (unpaired) electrons. The van der Waals surface area contributed by atoms with Crippen LogP contribution in [0, 0.1) is 0 Å². The summed E-state index contributed by atoms with van der Waals surface area (Å²) in [5.74, 6) is 1.12. The van der Waals surface area contributed by atoms with E-state index in [4.69, 9.17) is 10.7 Å². The molecule has 0 spiro atoms. The van der Waals surface area contributed by atoms with Gasteiger partial charge in [0.25, 0.3) is 5.91 Å². The number of carbonyl (C=O) groups is 1. The predicted octanol–water partition coefficient (Wildman–Crippen LogP) is 3.14. The quantitative estimate of drug-likeness (QED) is 0.407. The molecule has 4 aromatic rings. The Labute approximate surface area is 184 Å². The third-order valence-electron chi connectivity index (χ3n) is 5.96. The molecule has 1 atom stereocenters. The summed E-state index contributed by atoms with van der Waals surface area (Å²) in [6.07, 6.45) is 7.02. The summed E-state index contributed by atoms with van der Waals surface area (Å²) in [6, 6.07) is 15.9. The van der Waals surface area contributed by atoms with Gasteiger partial charge in [0.2, 0.25) is 0 Å². The number of pyridine rings is 1.